The van der Waals surface area contributed by atoms with Gasteiger partial charge in [-0.3, -0.25) is 14.9 Å². The highest BCUT2D eigenvalue weighted by Crippen LogP contribution is 2.16. The Kier molecular flexibility index (Phi) is 3.81. The highest BCUT2D eigenvalue weighted by Gasteiger charge is 2.19. The number of carboxylic acids is 1. The number of hydrogen-bond acceptors (Lipinski definition) is 4. The second-order valence-electron chi connectivity index (χ2n) is 3.23. The Bertz CT molecular complexity index is 465. The Balaban J connectivity index is 3.00. The van der Waals surface area contributed by atoms with Gasteiger partial charge in [-0.05, 0) is 6.92 Å². The second kappa shape index (κ2) is 5.10. The summed E-state index contributed by atoms with van der Waals surface area (Å²) in [4.78, 5) is 31.9. The maximum atomic E-state index is 11.3. The van der Waals surface area contributed by atoms with Gasteiger partial charge in [-0.15, -0.1) is 0 Å². The molecule has 0 aliphatic heterocycles. The summed E-state index contributed by atoms with van der Waals surface area (Å²) in [5.74, 6) is -1.72. The standard InChI is InChI=1S/C9H11N3O5/c1-2-10-8(13)5-11-4-6(12(16)17)3-7(11)9(14)15/h3-4H,2,5H2,1H3,(H,10,13)(H,14,15). The number of rotatable bonds is 5. The minimum Gasteiger partial charge on any atom is -0.477 e. The molecule has 0 saturated carbocycles. The van der Waals surface area contributed by atoms with Gasteiger partial charge in [-0.2, -0.15) is 0 Å². The maximum Gasteiger partial charge on any atom is 0.352 e. The van der Waals surface area contributed by atoms with Gasteiger partial charge < -0.3 is 15.0 Å². The number of aromatic nitrogens is 1. The number of nitrogens with one attached hydrogen (secondary N) is 1. The molecule has 1 aromatic heterocycles. The molecule has 0 fully saturated rings. The van der Waals surface area contributed by atoms with Crippen molar-refractivity contribution in [3.8, 4) is 0 Å². The van der Waals surface area contributed by atoms with Crippen molar-refractivity contribution in [2.24, 2.45) is 0 Å². The molecule has 1 heterocycles. The number of amides is 1. The molecule has 1 aromatic rings. The van der Waals surface area contributed by atoms with Gasteiger partial charge in [0, 0.05) is 12.6 Å². The molecule has 0 saturated heterocycles. The van der Waals surface area contributed by atoms with Crippen LogP contribution in [0.25, 0.3) is 0 Å². The first-order chi connectivity index (χ1) is 7.95. The molecule has 17 heavy (non-hydrogen) atoms. The number of carboxylic acid groups (broad SMARTS) is 1. The monoisotopic (exact) mass is 241 g/mol. The first-order valence-electron chi connectivity index (χ1n) is 4.80. The summed E-state index contributed by atoms with van der Waals surface area (Å²) < 4.78 is 1.03. The molecular weight excluding hydrogens is 230 g/mol. The molecule has 2 N–H and O–H groups in total. The molecule has 1 amide bonds. The largest absolute Gasteiger partial charge is 0.477 e. The van der Waals surface area contributed by atoms with Crippen LogP contribution in [-0.2, 0) is 11.3 Å². The third-order valence-electron chi connectivity index (χ3n) is 2.00. The van der Waals surface area contributed by atoms with E-state index in [-0.39, 0.29) is 17.9 Å². The Labute approximate surface area is 96.0 Å². The lowest BCUT2D eigenvalue weighted by Gasteiger charge is -2.04. The topological polar surface area (TPSA) is 114 Å². The summed E-state index contributed by atoms with van der Waals surface area (Å²) in [6, 6.07) is 0.918. The number of likely N-dealkylation sites (N-methyl/N-ethyl adjacent to an activating group) is 1. The molecule has 0 aromatic carbocycles. The third-order valence-corrected chi connectivity index (χ3v) is 2.00. The zero-order chi connectivity index (χ0) is 13.0. The van der Waals surface area contributed by atoms with Crippen molar-refractivity contribution < 1.29 is 19.6 Å². The van der Waals surface area contributed by atoms with Gasteiger partial charge in [-0.1, -0.05) is 0 Å². The van der Waals surface area contributed by atoms with E-state index < -0.39 is 16.8 Å². The average molecular weight is 241 g/mol. The van der Waals surface area contributed by atoms with E-state index in [0.717, 1.165) is 16.8 Å². The van der Waals surface area contributed by atoms with Crippen LogP contribution in [0.5, 0.6) is 0 Å². The average Bonchev–Trinajstić information content (AvgIpc) is 2.62. The number of nitro groups is 1. The minimum absolute atomic E-state index is 0.261. The molecule has 8 nitrogen and oxygen atoms in total. The van der Waals surface area contributed by atoms with Crippen LogP contribution < -0.4 is 5.32 Å². The summed E-state index contributed by atoms with van der Waals surface area (Å²) in [5, 5.41) is 21.8. The quantitative estimate of drug-likeness (QED) is 0.565. The fourth-order valence-corrected chi connectivity index (χ4v) is 1.31. The van der Waals surface area contributed by atoms with E-state index in [9.17, 15) is 19.7 Å². The van der Waals surface area contributed by atoms with Crippen LogP contribution in [0.15, 0.2) is 12.3 Å². The van der Waals surface area contributed by atoms with Gasteiger partial charge in [0.05, 0.1) is 11.1 Å². The number of nitrogens with zero attached hydrogens (tertiary/aromatic N) is 2. The van der Waals surface area contributed by atoms with Gasteiger partial charge in [0.1, 0.15) is 12.2 Å². The Morgan fingerprint density at radius 3 is 2.71 bits per heavy atom. The van der Waals surface area contributed by atoms with Gasteiger partial charge in [-0.25, -0.2) is 4.79 Å². The first kappa shape index (κ1) is 12.7. The number of carbonyl (C=O) groups is 2. The lowest BCUT2D eigenvalue weighted by molar-refractivity contribution is -0.384. The zero-order valence-corrected chi connectivity index (χ0v) is 9.04. The predicted octanol–water partition coefficient (Wildman–Crippen LogP) is 0.231. The van der Waals surface area contributed by atoms with E-state index >= 15 is 0 Å². The van der Waals surface area contributed by atoms with Crippen LogP contribution in [0, 0.1) is 10.1 Å². The van der Waals surface area contributed by atoms with E-state index in [1.807, 2.05) is 0 Å². The van der Waals surface area contributed by atoms with Crippen molar-refractivity contribution in [3.63, 3.8) is 0 Å². The van der Waals surface area contributed by atoms with Crippen molar-refractivity contribution in [2.75, 3.05) is 6.54 Å². The van der Waals surface area contributed by atoms with Crippen LogP contribution in [0.1, 0.15) is 17.4 Å². The number of carbonyl (C=O) groups excluding carboxylic acids is 1. The van der Waals surface area contributed by atoms with E-state index in [4.69, 9.17) is 5.11 Å². The molecule has 0 spiro atoms. The molecule has 0 aliphatic carbocycles. The fourth-order valence-electron chi connectivity index (χ4n) is 1.31. The summed E-state index contributed by atoms with van der Waals surface area (Å²) in [7, 11) is 0. The van der Waals surface area contributed by atoms with E-state index in [1.54, 1.807) is 6.92 Å². The van der Waals surface area contributed by atoms with Crippen LogP contribution in [0.4, 0.5) is 5.69 Å². The van der Waals surface area contributed by atoms with Gasteiger partial charge in [0.2, 0.25) is 5.91 Å². The zero-order valence-electron chi connectivity index (χ0n) is 9.04. The van der Waals surface area contributed by atoms with Crippen LogP contribution in [-0.4, -0.2) is 33.0 Å². The van der Waals surface area contributed by atoms with Crippen molar-refractivity contribution in [1.29, 1.82) is 0 Å². The first-order valence-corrected chi connectivity index (χ1v) is 4.80. The molecule has 0 unspecified atom stereocenters. The van der Waals surface area contributed by atoms with Gasteiger partial charge in [0.15, 0.2) is 0 Å². The van der Waals surface area contributed by atoms with Crippen molar-refractivity contribution in [3.05, 3.63) is 28.1 Å². The normalized spacial score (nSPS) is 9.94. The molecule has 8 heteroatoms. The van der Waals surface area contributed by atoms with Crippen LogP contribution in [0.2, 0.25) is 0 Å². The van der Waals surface area contributed by atoms with Crippen molar-refractivity contribution in [2.45, 2.75) is 13.5 Å². The summed E-state index contributed by atoms with van der Waals surface area (Å²) in [5.41, 5.74) is -0.644. The predicted molar refractivity (Wildman–Crippen MR) is 56.7 cm³/mol. The van der Waals surface area contributed by atoms with E-state index in [1.165, 1.54) is 0 Å². The maximum absolute atomic E-state index is 11.3. The van der Waals surface area contributed by atoms with Gasteiger partial charge in [0.25, 0.3) is 5.69 Å². The minimum atomic E-state index is -1.32. The number of hydrogen-bond donors (Lipinski definition) is 2. The Morgan fingerprint density at radius 1 is 1.59 bits per heavy atom. The lowest BCUT2D eigenvalue weighted by atomic mass is 10.4. The molecule has 0 radical (unpaired) electrons. The second-order valence-corrected chi connectivity index (χ2v) is 3.23. The SMILES string of the molecule is CCNC(=O)Cn1cc([N+](=O)[O-])cc1C(=O)O. The molecular formula is C9H11N3O5. The van der Waals surface area contributed by atoms with E-state index in [2.05, 4.69) is 5.32 Å². The molecule has 0 bridgehead atoms. The van der Waals surface area contributed by atoms with Crippen LogP contribution >= 0.6 is 0 Å². The van der Waals surface area contributed by atoms with Crippen molar-refractivity contribution in [1.82, 2.24) is 9.88 Å². The molecule has 0 atom stereocenters. The fraction of sp³-hybridized carbons (Fsp3) is 0.333. The Morgan fingerprint density at radius 2 is 2.24 bits per heavy atom. The van der Waals surface area contributed by atoms with E-state index in [0.29, 0.717) is 6.54 Å². The van der Waals surface area contributed by atoms with Crippen molar-refractivity contribution >= 4 is 17.6 Å². The third kappa shape index (κ3) is 3.03. The summed E-state index contributed by atoms with van der Waals surface area (Å²) in [6.07, 6.45) is 1.03. The summed E-state index contributed by atoms with van der Waals surface area (Å²) in [6.45, 7) is 1.86. The Hall–Kier alpha value is -2.38. The van der Waals surface area contributed by atoms with Crippen LogP contribution in [0.3, 0.4) is 0 Å². The molecule has 92 valence electrons. The molecule has 0 aliphatic rings. The molecule has 1 rings (SSSR count). The summed E-state index contributed by atoms with van der Waals surface area (Å²) >= 11 is 0. The smallest absolute Gasteiger partial charge is 0.352 e. The highest BCUT2D eigenvalue weighted by molar-refractivity contribution is 5.88. The number of aromatic carboxylic acids is 1. The lowest BCUT2D eigenvalue weighted by Crippen LogP contribution is -2.28. The highest BCUT2D eigenvalue weighted by atomic mass is 16.6. The van der Waals surface area contributed by atoms with Gasteiger partial charge >= 0.3 is 5.97 Å².